The summed E-state index contributed by atoms with van der Waals surface area (Å²) < 4.78 is 7.38. The van der Waals surface area contributed by atoms with Crippen LogP contribution >= 0.6 is 0 Å². The van der Waals surface area contributed by atoms with Crippen molar-refractivity contribution in [3.8, 4) is 11.6 Å². The molecule has 1 heterocycles. The van der Waals surface area contributed by atoms with Crippen LogP contribution in [0, 0.1) is 6.92 Å². The van der Waals surface area contributed by atoms with Crippen LogP contribution in [0.1, 0.15) is 42.4 Å². The molecule has 0 amide bonds. The third-order valence-corrected chi connectivity index (χ3v) is 4.01. The van der Waals surface area contributed by atoms with E-state index in [9.17, 15) is 4.79 Å². The summed E-state index contributed by atoms with van der Waals surface area (Å²) in [6, 6.07) is 18.9. The lowest BCUT2D eigenvalue weighted by Crippen LogP contribution is -2.13. The molecule has 2 aromatic carbocycles. The quantitative estimate of drug-likeness (QED) is 0.652. The number of benzene rings is 2. The second-order valence-electron chi connectivity index (χ2n) is 7.07. The molecule has 128 valence electrons. The molecule has 3 aromatic rings. The SMILES string of the molecule is Cc1ccccc1C(=O)Oc1cc(C(C)(C)C)nn1-c1ccccc1. The summed E-state index contributed by atoms with van der Waals surface area (Å²) in [6.07, 6.45) is 0. The molecule has 0 aliphatic rings. The Balaban J connectivity index is 2.01. The number of esters is 1. The monoisotopic (exact) mass is 334 g/mol. The standard InChI is InChI=1S/C21H22N2O2/c1-15-10-8-9-13-17(15)20(24)25-19-14-18(21(2,3)4)22-23(19)16-11-6-5-7-12-16/h5-14H,1-4H3. The maximum Gasteiger partial charge on any atom is 0.345 e. The first-order chi connectivity index (χ1) is 11.9. The Morgan fingerprint density at radius 1 is 1.00 bits per heavy atom. The summed E-state index contributed by atoms with van der Waals surface area (Å²) >= 11 is 0. The zero-order valence-electron chi connectivity index (χ0n) is 15.0. The number of carbonyl (C=O) groups is 1. The number of hydrogen-bond acceptors (Lipinski definition) is 3. The van der Waals surface area contributed by atoms with Crippen LogP contribution < -0.4 is 4.74 Å². The van der Waals surface area contributed by atoms with E-state index >= 15 is 0 Å². The zero-order valence-corrected chi connectivity index (χ0v) is 15.0. The molecule has 0 unspecified atom stereocenters. The fourth-order valence-electron chi connectivity index (χ4n) is 2.51. The van der Waals surface area contributed by atoms with E-state index in [0.29, 0.717) is 11.4 Å². The van der Waals surface area contributed by atoms with Crippen LogP contribution in [0.3, 0.4) is 0 Å². The number of hydrogen-bond donors (Lipinski definition) is 0. The average Bonchev–Trinajstić information content (AvgIpc) is 3.00. The Bertz CT molecular complexity index is 890. The summed E-state index contributed by atoms with van der Waals surface area (Å²) in [5.41, 5.74) is 3.01. The maximum atomic E-state index is 12.6. The van der Waals surface area contributed by atoms with Crippen LogP contribution in [0.25, 0.3) is 5.69 Å². The van der Waals surface area contributed by atoms with Gasteiger partial charge in [-0.15, -0.1) is 0 Å². The van der Waals surface area contributed by atoms with E-state index in [1.54, 1.807) is 10.7 Å². The lowest BCUT2D eigenvalue weighted by molar-refractivity contribution is 0.0722. The zero-order chi connectivity index (χ0) is 18.0. The molecule has 3 rings (SSSR count). The normalized spacial score (nSPS) is 11.4. The van der Waals surface area contributed by atoms with Crippen LogP contribution in [0.5, 0.6) is 5.88 Å². The van der Waals surface area contributed by atoms with Gasteiger partial charge in [-0.25, -0.2) is 9.48 Å². The van der Waals surface area contributed by atoms with Crippen molar-refractivity contribution in [2.45, 2.75) is 33.1 Å². The summed E-state index contributed by atoms with van der Waals surface area (Å²) in [5.74, 6) is 0.0417. The van der Waals surface area contributed by atoms with E-state index in [1.807, 2.05) is 61.5 Å². The van der Waals surface area contributed by atoms with Gasteiger partial charge < -0.3 is 4.74 Å². The Kier molecular flexibility index (Phi) is 4.45. The van der Waals surface area contributed by atoms with Gasteiger partial charge in [0.15, 0.2) is 0 Å². The number of aryl methyl sites for hydroxylation is 1. The van der Waals surface area contributed by atoms with Crippen molar-refractivity contribution >= 4 is 5.97 Å². The largest absolute Gasteiger partial charge is 0.404 e. The molecule has 4 nitrogen and oxygen atoms in total. The molecule has 0 saturated heterocycles. The molecule has 0 aliphatic heterocycles. The summed E-state index contributed by atoms with van der Waals surface area (Å²) in [7, 11) is 0. The second-order valence-corrected chi connectivity index (χ2v) is 7.07. The van der Waals surface area contributed by atoms with Crippen molar-refractivity contribution in [2.24, 2.45) is 0 Å². The van der Waals surface area contributed by atoms with E-state index in [2.05, 4.69) is 25.9 Å². The number of para-hydroxylation sites is 1. The van der Waals surface area contributed by atoms with Crippen LogP contribution in [0.4, 0.5) is 0 Å². The van der Waals surface area contributed by atoms with Crippen LogP contribution in [-0.4, -0.2) is 15.7 Å². The van der Waals surface area contributed by atoms with E-state index in [-0.39, 0.29) is 11.4 Å². The number of carbonyl (C=O) groups excluding carboxylic acids is 1. The third kappa shape index (κ3) is 3.63. The highest BCUT2D eigenvalue weighted by Gasteiger charge is 2.23. The molecule has 0 saturated carbocycles. The highest BCUT2D eigenvalue weighted by Crippen LogP contribution is 2.28. The van der Waals surface area contributed by atoms with Gasteiger partial charge in [0.1, 0.15) is 0 Å². The first kappa shape index (κ1) is 17.0. The van der Waals surface area contributed by atoms with Crippen molar-refractivity contribution in [1.82, 2.24) is 9.78 Å². The fourth-order valence-corrected chi connectivity index (χ4v) is 2.51. The minimum atomic E-state index is -0.379. The van der Waals surface area contributed by atoms with Gasteiger partial charge in [-0.3, -0.25) is 0 Å². The lowest BCUT2D eigenvalue weighted by Gasteiger charge is -2.13. The van der Waals surface area contributed by atoms with E-state index < -0.39 is 0 Å². The predicted molar refractivity (Wildman–Crippen MR) is 98.4 cm³/mol. The Labute approximate surface area is 148 Å². The van der Waals surface area contributed by atoms with E-state index in [0.717, 1.165) is 16.9 Å². The molecule has 0 atom stereocenters. The number of aromatic nitrogens is 2. The molecule has 0 bridgehead atoms. The van der Waals surface area contributed by atoms with Crippen LogP contribution in [0.15, 0.2) is 60.7 Å². The van der Waals surface area contributed by atoms with Gasteiger partial charge in [0.05, 0.1) is 16.9 Å². The topological polar surface area (TPSA) is 44.1 Å². The van der Waals surface area contributed by atoms with Gasteiger partial charge in [-0.05, 0) is 30.7 Å². The molecular formula is C21H22N2O2. The molecule has 1 aromatic heterocycles. The second kappa shape index (κ2) is 6.55. The van der Waals surface area contributed by atoms with Crippen molar-refractivity contribution in [3.63, 3.8) is 0 Å². The molecule has 0 aliphatic carbocycles. The van der Waals surface area contributed by atoms with Crippen LogP contribution in [-0.2, 0) is 5.41 Å². The van der Waals surface area contributed by atoms with Gasteiger partial charge in [-0.1, -0.05) is 57.2 Å². The van der Waals surface area contributed by atoms with Crippen molar-refractivity contribution in [2.75, 3.05) is 0 Å². The first-order valence-electron chi connectivity index (χ1n) is 8.30. The van der Waals surface area contributed by atoms with Gasteiger partial charge in [0.2, 0.25) is 5.88 Å². The average molecular weight is 334 g/mol. The van der Waals surface area contributed by atoms with Crippen molar-refractivity contribution in [3.05, 3.63) is 77.5 Å². The number of nitrogens with zero attached hydrogens (tertiary/aromatic N) is 2. The van der Waals surface area contributed by atoms with Gasteiger partial charge >= 0.3 is 5.97 Å². The van der Waals surface area contributed by atoms with Gasteiger partial charge in [-0.2, -0.15) is 5.10 Å². The molecule has 0 spiro atoms. The summed E-state index contributed by atoms with van der Waals surface area (Å²) in [4.78, 5) is 12.6. The first-order valence-corrected chi connectivity index (χ1v) is 8.30. The molecule has 0 N–H and O–H groups in total. The number of rotatable bonds is 3. The number of ether oxygens (including phenoxy) is 1. The van der Waals surface area contributed by atoms with Crippen molar-refractivity contribution < 1.29 is 9.53 Å². The molecule has 4 heteroatoms. The Morgan fingerprint density at radius 2 is 1.64 bits per heavy atom. The maximum absolute atomic E-state index is 12.6. The predicted octanol–water partition coefficient (Wildman–Crippen LogP) is 4.70. The Morgan fingerprint density at radius 3 is 2.28 bits per heavy atom. The van der Waals surface area contributed by atoms with Gasteiger partial charge in [0.25, 0.3) is 0 Å². The minimum Gasteiger partial charge on any atom is -0.404 e. The molecular weight excluding hydrogens is 312 g/mol. The van der Waals surface area contributed by atoms with E-state index in [4.69, 9.17) is 4.74 Å². The summed E-state index contributed by atoms with van der Waals surface area (Å²) in [5, 5.41) is 4.66. The highest BCUT2D eigenvalue weighted by atomic mass is 16.5. The fraction of sp³-hybridized carbons (Fsp3) is 0.238. The molecule has 0 radical (unpaired) electrons. The van der Waals surface area contributed by atoms with Gasteiger partial charge in [0, 0.05) is 11.5 Å². The minimum absolute atomic E-state index is 0.149. The van der Waals surface area contributed by atoms with E-state index in [1.165, 1.54) is 0 Å². The molecule has 0 fully saturated rings. The third-order valence-electron chi connectivity index (χ3n) is 4.01. The molecule has 25 heavy (non-hydrogen) atoms. The van der Waals surface area contributed by atoms with Crippen molar-refractivity contribution in [1.29, 1.82) is 0 Å². The summed E-state index contributed by atoms with van der Waals surface area (Å²) in [6.45, 7) is 8.14. The van der Waals surface area contributed by atoms with Crippen LogP contribution in [0.2, 0.25) is 0 Å². The lowest BCUT2D eigenvalue weighted by atomic mass is 9.93. The smallest absolute Gasteiger partial charge is 0.345 e. The highest BCUT2D eigenvalue weighted by molar-refractivity contribution is 5.92. The Hall–Kier alpha value is -2.88.